The highest BCUT2D eigenvalue weighted by Crippen LogP contribution is 2.32. The Morgan fingerprint density at radius 1 is 1.36 bits per heavy atom. The van der Waals surface area contributed by atoms with Crippen LogP contribution in [0.5, 0.6) is 0 Å². The molecule has 1 heterocycles. The minimum Gasteiger partial charge on any atom is -0.336 e. The molecule has 1 aliphatic carbocycles. The van der Waals surface area contributed by atoms with Crippen molar-refractivity contribution in [1.29, 1.82) is 0 Å². The number of nitrogens with one attached hydrogen (secondary N) is 1. The summed E-state index contributed by atoms with van der Waals surface area (Å²) < 4.78 is 5.12. The maximum Gasteiger partial charge on any atom is 0.321 e. The van der Waals surface area contributed by atoms with E-state index in [1.807, 2.05) is 0 Å². The van der Waals surface area contributed by atoms with Crippen molar-refractivity contribution < 1.29 is 4.52 Å². The van der Waals surface area contributed by atoms with Crippen molar-refractivity contribution in [3.8, 4) is 0 Å². The third kappa shape index (κ3) is 2.05. The van der Waals surface area contributed by atoms with Crippen LogP contribution in [0.2, 0.25) is 0 Å². The van der Waals surface area contributed by atoms with Crippen molar-refractivity contribution >= 4 is 6.01 Å². The monoisotopic (exact) mass is 195 g/mol. The quantitative estimate of drug-likeness (QED) is 0.805. The van der Waals surface area contributed by atoms with E-state index in [9.17, 15) is 0 Å². The summed E-state index contributed by atoms with van der Waals surface area (Å²) in [4.78, 5) is 4.34. The molecule has 0 aliphatic heterocycles. The van der Waals surface area contributed by atoms with E-state index in [1.165, 1.54) is 25.7 Å². The van der Waals surface area contributed by atoms with Gasteiger partial charge in [0.25, 0.3) is 0 Å². The molecule has 0 bridgehead atoms. The molecule has 0 saturated heterocycles. The van der Waals surface area contributed by atoms with E-state index < -0.39 is 0 Å². The Balaban J connectivity index is 2.01. The molecule has 14 heavy (non-hydrogen) atoms. The molecule has 78 valence electrons. The second-order valence-electron chi connectivity index (χ2n) is 4.24. The molecule has 1 N–H and O–H groups in total. The summed E-state index contributed by atoms with van der Waals surface area (Å²) in [6.45, 7) is 4.11. The average molecular weight is 195 g/mol. The largest absolute Gasteiger partial charge is 0.336 e. The van der Waals surface area contributed by atoms with E-state index in [2.05, 4.69) is 29.3 Å². The minimum atomic E-state index is 0.340. The van der Waals surface area contributed by atoms with Crippen LogP contribution < -0.4 is 5.32 Å². The third-order valence-corrected chi connectivity index (χ3v) is 2.57. The van der Waals surface area contributed by atoms with E-state index in [4.69, 9.17) is 4.52 Å². The summed E-state index contributed by atoms with van der Waals surface area (Å²) >= 11 is 0. The first-order valence-corrected chi connectivity index (χ1v) is 5.36. The molecule has 1 aliphatic rings. The molecule has 4 nitrogen and oxygen atoms in total. The molecule has 0 aromatic carbocycles. The number of aromatic nitrogens is 2. The first kappa shape index (κ1) is 9.49. The average Bonchev–Trinajstić information content (AvgIpc) is 2.69. The number of nitrogens with zero attached hydrogens (tertiary/aromatic N) is 2. The van der Waals surface area contributed by atoms with Gasteiger partial charge in [-0.3, -0.25) is 0 Å². The van der Waals surface area contributed by atoms with E-state index in [0.29, 0.717) is 18.0 Å². The van der Waals surface area contributed by atoms with Crippen LogP contribution in [0.15, 0.2) is 4.52 Å². The third-order valence-electron chi connectivity index (χ3n) is 2.57. The van der Waals surface area contributed by atoms with Gasteiger partial charge in [-0.2, -0.15) is 4.98 Å². The van der Waals surface area contributed by atoms with Gasteiger partial charge in [0.1, 0.15) is 0 Å². The van der Waals surface area contributed by atoms with Crippen LogP contribution in [0, 0.1) is 0 Å². The van der Waals surface area contributed by atoms with E-state index in [-0.39, 0.29) is 0 Å². The second-order valence-corrected chi connectivity index (χ2v) is 4.24. The normalized spacial score (nSPS) is 17.9. The van der Waals surface area contributed by atoms with Crippen LogP contribution in [-0.4, -0.2) is 16.2 Å². The van der Waals surface area contributed by atoms with Crippen molar-refractivity contribution in [2.24, 2.45) is 0 Å². The fourth-order valence-electron chi connectivity index (χ4n) is 1.89. The van der Waals surface area contributed by atoms with Crippen LogP contribution in [-0.2, 0) is 0 Å². The summed E-state index contributed by atoms with van der Waals surface area (Å²) in [7, 11) is 0. The summed E-state index contributed by atoms with van der Waals surface area (Å²) in [5, 5.41) is 7.11. The van der Waals surface area contributed by atoms with Crippen LogP contribution in [0.25, 0.3) is 0 Å². The van der Waals surface area contributed by atoms with Crippen molar-refractivity contribution in [2.45, 2.75) is 51.5 Å². The van der Waals surface area contributed by atoms with Gasteiger partial charge in [-0.05, 0) is 26.7 Å². The van der Waals surface area contributed by atoms with Crippen LogP contribution in [0.4, 0.5) is 6.01 Å². The first-order chi connectivity index (χ1) is 6.75. The SMILES string of the molecule is CC(C)Nc1nc(C2CCCC2)no1. The number of anilines is 1. The fraction of sp³-hybridized carbons (Fsp3) is 0.800. The summed E-state index contributed by atoms with van der Waals surface area (Å²) in [5.74, 6) is 1.41. The van der Waals surface area contributed by atoms with Gasteiger partial charge < -0.3 is 9.84 Å². The molecule has 0 unspecified atom stereocenters. The highest BCUT2D eigenvalue weighted by atomic mass is 16.5. The first-order valence-electron chi connectivity index (χ1n) is 5.36. The lowest BCUT2D eigenvalue weighted by Gasteiger charge is -2.02. The zero-order valence-electron chi connectivity index (χ0n) is 8.79. The molecule has 1 fully saturated rings. The maximum atomic E-state index is 5.12. The molecule has 1 aromatic rings. The predicted octanol–water partition coefficient (Wildman–Crippen LogP) is 2.55. The predicted molar refractivity (Wildman–Crippen MR) is 54.3 cm³/mol. The highest BCUT2D eigenvalue weighted by molar-refractivity contribution is 5.20. The van der Waals surface area contributed by atoms with Crippen molar-refractivity contribution in [2.75, 3.05) is 5.32 Å². The minimum absolute atomic E-state index is 0.340. The van der Waals surface area contributed by atoms with Gasteiger partial charge in [0.15, 0.2) is 5.82 Å². The van der Waals surface area contributed by atoms with Gasteiger partial charge >= 0.3 is 6.01 Å². The van der Waals surface area contributed by atoms with Gasteiger partial charge in [-0.15, -0.1) is 0 Å². The van der Waals surface area contributed by atoms with E-state index in [0.717, 1.165) is 5.82 Å². The zero-order valence-corrected chi connectivity index (χ0v) is 8.79. The van der Waals surface area contributed by atoms with E-state index >= 15 is 0 Å². The Labute approximate surface area is 84.1 Å². The van der Waals surface area contributed by atoms with Crippen molar-refractivity contribution in [1.82, 2.24) is 10.1 Å². The highest BCUT2D eigenvalue weighted by Gasteiger charge is 2.22. The lowest BCUT2D eigenvalue weighted by molar-refractivity contribution is 0.414. The second kappa shape index (κ2) is 3.98. The van der Waals surface area contributed by atoms with Crippen LogP contribution >= 0.6 is 0 Å². The number of hydrogen-bond acceptors (Lipinski definition) is 4. The maximum absolute atomic E-state index is 5.12. The Morgan fingerprint density at radius 3 is 2.71 bits per heavy atom. The molecule has 0 spiro atoms. The van der Waals surface area contributed by atoms with Crippen molar-refractivity contribution in [3.05, 3.63) is 5.82 Å². The fourth-order valence-corrected chi connectivity index (χ4v) is 1.89. The molecular formula is C10H17N3O. The van der Waals surface area contributed by atoms with Crippen LogP contribution in [0.3, 0.4) is 0 Å². The standard InChI is InChI=1S/C10H17N3O/c1-7(2)11-10-12-9(13-14-10)8-5-3-4-6-8/h7-8H,3-6H2,1-2H3,(H,11,12,13). The Hall–Kier alpha value is -1.06. The molecule has 1 aromatic heterocycles. The smallest absolute Gasteiger partial charge is 0.321 e. The zero-order chi connectivity index (χ0) is 9.97. The van der Waals surface area contributed by atoms with Gasteiger partial charge in [0, 0.05) is 12.0 Å². The summed E-state index contributed by atoms with van der Waals surface area (Å²) in [6.07, 6.45) is 5.01. The topological polar surface area (TPSA) is 51.0 Å². The Bertz CT molecular complexity index is 289. The molecule has 1 saturated carbocycles. The lowest BCUT2D eigenvalue weighted by Crippen LogP contribution is -2.09. The van der Waals surface area contributed by atoms with E-state index in [1.54, 1.807) is 0 Å². The molecule has 0 amide bonds. The lowest BCUT2D eigenvalue weighted by atomic mass is 10.1. The van der Waals surface area contributed by atoms with Crippen molar-refractivity contribution in [3.63, 3.8) is 0 Å². The van der Waals surface area contributed by atoms with Gasteiger partial charge in [-0.1, -0.05) is 18.0 Å². The van der Waals surface area contributed by atoms with Gasteiger partial charge in [-0.25, -0.2) is 0 Å². The summed E-state index contributed by atoms with van der Waals surface area (Å²) in [6, 6.07) is 0.897. The molecule has 0 atom stereocenters. The molecular weight excluding hydrogens is 178 g/mol. The number of hydrogen-bond donors (Lipinski definition) is 1. The Kier molecular flexibility index (Phi) is 2.70. The van der Waals surface area contributed by atoms with Crippen LogP contribution in [0.1, 0.15) is 51.3 Å². The molecule has 0 radical (unpaired) electrons. The Morgan fingerprint density at radius 2 is 2.07 bits per heavy atom. The molecule has 2 rings (SSSR count). The summed E-state index contributed by atoms with van der Waals surface area (Å²) in [5.41, 5.74) is 0. The van der Waals surface area contributed by atoms with Gasteiger partial charge in [0.05, 0.1) is 0 Å². The number of rotatable bonds is 3. The van der Waals surface area contributed by atoms with Gasteiger partial charge in [0.2, 0.25) is 0 Å². The molecule has 4 heteroatoms.